The Hall–Kier alpha value is -3.00. The fraction of sp³-hybridized carbons (Fsp3) is 0.0870. The summed E-state index contributed by atoms with van der Waals surface area (Å²) in [7, 11) is 4.02. The fourth-order valence-electron chi connectivity index (χ4n) is 3.17. The molecule has 4 rings (SSSR count). The Balaban J connectivity index is 1.73. The van der Waals surface area contributed by atoms with Gasteiger partial charge in [0.05, 0.1) is 22.5 Å². The summed E-state index contributed by atoms with van der Waals surface area (Å²) in [6.07, 6.45) is 1.79. The topological polar surface area (TPSA) is 66.3 Å². The number of hydrogen-bond acceptors (Lipinski definition) is 4. The Morgan fingerprint density at radius 2 is 1.66 bits per heavy atom. The van der Waals surface area contributed by atoms with Gasteiger partial charge < -0.3 is 10.0 Å². The van der Waals surface area contributed by atoms with Crippen molar-refractivity contribution >= 4 is 45.2 Å². The van der Waals surface area contributed by atoms with Crippen LogP contribution >= 0.6 is 22.6 Å². The predicted molar refractivity (Wildman–Crippen MR) is 124 cm³/mol. The maximum absolute atomic E-state index is 11.8. The zero-order valence-corrected chi connectivity index (χ0v) is 18.1. The van der Waals surface area contributed by atoms with E-state index in [-0.39, 0.29) is 5.56 Å². The summed E-state index contributed by atoms with van der Waals surface area (Å²) in [5.74, 6) is -0.974. The highest BCUT2D eigenvalue weighted by Gasteiger charge is 2.14. The number of carboxylic acids is 1. The number of carbonyl (C=O) groups is 1. The number of aromatic nitrogens is 2. The van der Waals surface area contributed by atoms with Crippen molar-refractivity contribution in [3.05, 3.63) is 76.0 Å². The first-order valence-electron chi connectivity index (χ1n) is 9.00. The molecule has 0 radical (unpaired) electrons. The van der Waals surface area contributed by atoms with Crippen molar-refractivity contribution in [3.8, 4) is 22.5 Å². The van der Waals surface area contributed by atoms with Crippen LogP contribution in [0.4, 0.5) is 5.69 Å². The van der Waals surface area contributed by atoms with Crippen LogP contribution in [0.25, 0.3) is 33.4 Å². The minimum atomic E-state index is -0.974. The number of carboxylic acid groups (broad SMARTS) is 1. The van der Waals surface area contributed by atoms with Crippen LogP contribution in [-0.4, -0.2) is 35.1 Å². The van der Waals surface area contributed by atoms with E-state index in [4.69, 9.17) is 0 Å². The van der Waals surface area contributed by atoms with E-state index in [9.17, 15) is 9.90 Å². The number of halogens is 1. The zero-order valence-electron chi connectivity index (χ0n) is 15.9. The van der Waals surface area contributed by atoms with Crippen LogP contribution in [0.1, 0.15) is 10.4 Å². The summed E-state index contributed by atoms with van der Waals surface area (Å²) < 4.78 is 0.968. The average Bonchev–Trinajstić information content (AvgIpc) is 2.73. The molecule has 4 aromatic rings. The summed E-state index contributed by atoms with van der Waals surface area (Å²) in [5, 5.41) is 10.3. The van der Waals surface area contributed by atoms with Crippen LogP contribution < -0.4 is 4.90 Å². The van der Waals surface area contributed by atoms with Gasteiger partial charge in [0.2, 0.25) is 0 Å². The summed E-state index contributed by atoms with van der Waals surface area (Å²) in [5.41, 5.74) is 5.26. The molecule has 2 aromatic heterocycles. The molecule has 0 atom stereocenters. The maximum Gasteiger partial charge on any atom is 0.336 e. The smallest absolute Gasteiger partial charge is 0.336 e. The van der Waals surface area contributed by atoms with Gasteiger partial charge in [-0.3, -0.25) is 4.98 Å². The molecule has 0 spiro atoms. The van der Waals surface area contributed by atoms with E-state index in [0.717, 1.165) is 20.4 Å². The lowest BCUT2D eigenvalue weighted by Gasteiger charge is -2.12. The molecule has 0 aliphatic rings. The highest BCUT2D eigenvalue weighted by Crippen LogP contribution is 2.27. The largest absolute Gasteiger partial charge is 0.478 e. The van der Waals surface area contributed by atoms with Gasteiger partial charge in [-0.05, 0) is 70.6 Å². The van der Waals surface area contributed by atoms with Crippen LogP contribution in [0.2, 0.25) is 0 Å². The second-order valence-corrected chi connectivity index (χ2v) is 8.14. The summed E-state index contributed by atoms with van der Waals surface area (Å²) >= 11 is 2.17. The molecule has 0 unspecified atom stereocenters. The maximum atomic E-state index is 11.8. The Labute approximate surface area is 182 Å². The molecule has 2 heterocycles. The zero-order chi connectivity index (χ0) is 20.5. The highest BCUT2D eigenvalue weighted by atomic mass is 127. The van der Waals surface area contributed by atoms with Crippen molar-refractivity contribution in [2.24, 2.45) is 0 Å². The number of rotatable bonds is 4. The number of anilines is 1. The van der Waals surface area contributed by atoms with Gasteiger partial charge in [0.25, 0.3) is 0 Å². The van der Waals surface area contributed by atoms with Crippen molar-refractivity contribution in [3.63, 3.8) is 0 Å². The quantitative estimate of drug-likeness (QED) is 0.388. The van der Waals surface area contributed by atoms with Gasteiger partial charge in [0.1, 0.15) is 0 Å². The van der Waals surface area contributed by atoms with Crippen molar-refractivity contribution < 1.29 is 9.90 Å². The molecule has 29 heavy (non-hydrogen) atoms. The third-order valence-corrected chi connectivity index (χ3v) is 5.42. The van der Waals surface area contributed by atoms with Gasteiger partial charge in [-0.15, -0.1) is 0 Å². The fourth-order valence-corrected chi connectivity index (χ4v) is 3.67. The molecule has 0 fully saturated rings. The number of nitrogens with zero attached hydrogens (tertiary/aromatic N) is 3. The molecule has 0 amide bonds. The number of pyridine rings is 2. The predicted octanol–water partition coefficient (Wildman–Crippen LogP) is 5.33. The first-order chi connectivity index (χ1) is 13.9. The molecule has 5 nitrogen and oxygen atoms in total. The Morgan fingerprint density at radius 3 is 2.28 bits per heavy atom. The average molecular weight is 495 g/mol. The van der Waals surface area contributed by atoms with E-state index < -0.39 is 5.97 Å². The van der Waals surface area contributed by atoms with Crippen molar-refractivity contribution in [2.45, 2.75) is 0 Å². The molecule has 0 aliphatic heterocycles. The van der Waals surface area contributed by atoms with Crippen molar-refractivity contribution in [2.75, 3.05) is 19.0 Å². The number of hydrogen-bond donors (Lipinski definition) is 1. The second-order valence-electron chi connectivity index (χ2n) is 6.90. The molecule has 0 aliphatic carbocycles. The van der Waals surface area contributed by atoms with Crippen molar-refractivity contribution in [1.29, 1.82) is 0 Å². The normalized spacial score (nSPS) is 10.9. The van der Waals surface area contributed by atoms with Gasteiger partial charge in [0.15, 0.2) is 0 Å². The number of fused-ring (bicyclic) bond motifs is 1. The van der Waals surface area contributed by atoms with Crippen LogP contribution in [0, 0.1) is 3.57 Å². The van der Waals surface area contributed by atoms with E-state index in [1.54, 1.807) is 12.3 Å². The Morgan fingerprint density at radius 1 is 0.931 bits per heavy atom. The second kappa shape index (κ2) is 7.79. The number of benzene rings is 2. The molecule has 1 N–H and O–H groups in total. The molecular formula is C23H18IN3O2. The molecule has 0 bridgehead atoms. The third kappa shape index (κ3) is 3.93. The van der Waals surface area contributed by atoms with Gasteiger partial charge >= 0.3 is 5.97 Å². The number of aromatic carboxylic acids is 1. The van der Waals surface area contributed by atoms with E-state index in [1.807, 2.05) is 44.4 Å². The van der Waals surface area contributed by atoms with Crippen LogP contribution in [0.5, 0.6) is 0 Å². The summed E-state index contributed by atoms with van der Waals surface area (Å²) in [4.78, 5) is 23.0. The summed E-state index contributed by atoms with van der Waals surface area (Å²) in [6.45, 7) is 0. The lowest BCUT2D eigenvalue weighted by molar-refractivity contribution is 0.0699. The van der Waals surface area contributed by atoms with E-state index in [1.165, 1.54) is 0 Å². The molecule has 2 aromatic carbocycles. The van der Waals surface area contributed by atoms with Gasteiger partial charge in [0, 0.05) is 40.5 Å². The van der Waals surface area contributed by atoms with Gasteiger partial charge in [-0.25, -0.2) is 9.78 Å². The van der Waals surface area contributed by atoms with Crippen LogP contribution in [-0.2, 0) is 0 Å². The standard InChI is InChI=1S/C23H18IN3O2/c1-27(2)17-7-3-14(4-8-17)15-5-9-21(25-13-15)22-12-19(23(28)29)18-11-16(24)6-10-20(18)26-22/h3-13H,1-2H3,(H,28,29). The molecular weight excluding hydrogens is 477 g/mol. The van der Waals surface area contributed by atoms with E-state index in [0.29, 0.717) is 22.3 Å². The summed E-state index contributed by atoms with van der Waals surface area (Å²) in [6, 6.07) is 19.3. The first-order valence-corrected chi connectivity index (χ1v) is 10.1. The monoisotopic (exact) mass is 495 g/mol. The first kappa shape index (κ1) is 19.3. The van der Waals surface area contributed by atoms with Crippen LogP contribution in [0.15, 0.2) is 66.9 Å². The van der Waals surface area contributed by atoms with Gasteiger partial charge in [-0.2, -0.15) is 0 Å². The molecule has 144 valence electrons. The molecule has 0 saturated heterocycles. The van der Waals surface area contributed by atoms with Gasteiger partial charge in [-0.1, -0.05) is 18.2 Å². The lowest BCUT2D eigenvalue weighted by Crippen LogP contribution is -2.07. The highest BCUT2D eigenvalue weighted by molar-refractivity contribution is 14.1. The van der Waals surface area contributed by atoms with Crippen molar-refractivity contribution in [1.82, 2.24) is 9.97 Å². The minimum absolute atomic E-state index is 0.230. The lowest BCUT2D eigenvalue weighted by atomic mass is 10.0. The minimum Gasteiger partial charge on any atom is -0.478 e. The van der Waals surface area contributed by atoms with E-state index >= 15 is 0 Å². The Kier molecular flexibility index (Phi) is 5.19. The molecule has 0 saturated carbocycles. The third-order valence-electron chi connectivity index (χ3n) is 4.74. The SMILES string of the molecule is CN(C)c1ccc(-c2ccc(-c3cc(C(=O)O)c4cc(I)ccc4n3)nc2)cc1. The molecule has 6 heteroatoms. The van der Waals surface area contributed by atoms with E-state index in [2.05, 4.69) is 61.7 Å². The Bertz CT molecular complexity index is 1200. The van der Waals surface area contributed by atoms with Crippen LogP contribution in [0.3, 0.4) is 0 Å².